The number of aromatic amines is 1. The normalized spacial score (nSPS) is 12.0. The summed E-state index contributed by atoms with van der Waals surface area (Å²) < 4.78 is 0. The summed E-state index contributed by atoms with van der Waals surface area (Å²) in [6.45, 7) is 6.20. The molecule has 4 nitrogen and oxygen atoms in total. The Kier molecular flexibility index (Phi) is 6.92. The lowest BCUT2D eigenvalue weighted by atomic mass is 10.0. The third kappa shape index (κ3) is 5.07. The van der Waals surface area contributed by atoms with Crippen LogP contribution in [0.2, 0.25) is 0 Å². The smallest absolute Gasteiger partial charge is 0.237 e. The number of hydrogen-bond donors (Lipinski definition) is 2. The Morgan fingerprint density at radius 2 is 1.50 bits per heavy atom. The number of hydrogen-bond acceptors (Lipinski definition) is 3. The van der Waals surface area contributed by atoms with Gasteiger partial charge in [-0.25, -0.2) is 4.98 Å². The number of aryl methyl sites for hydroxylation is 2. The van der Waals surface area contributed by atoms with Crippen molar-refractivity contribution in [3.8, 4) is 22.5 Å². The molecule has 1 atom stereocenters. The van der Waals surface area contributed by atoms with E-state index in [1.54, 1.807) is 0 Å². The van der Waals surface area contributed by atoms with Gasteiger partial charge in [0.15, 0.2) is 5.16 Å². The minimum absolute atomic E-state index is 0.0241. The Morgan fingerprint density at radius 3 is 2.19 bits per heavy atom. The number of imidazole rings is 1. The number of nitrogens with one attached hydrogen (secondary N) is 2. The maximum absolute atomic E-state index is 13.3. The first-order valence-corrected chi connectivity index (χ1v) is 13.1. The maximum atomic E-state index is 13.3. The standard InChI is InChI=1S/C31H29N3OS/c1-4-27(30(35)32-26-11-7-9-22-8-5-6-10-25(22)26)36-31-33-28(23-16-12-20(2)13-17-23)29(34-31)24-18-14-21(3)15-19-24/h5-19,27H,4H2,1-3H3,(H,32,35)(H,33,34). The fraction of sp³-hybridized carbons (Fsp3) is 0.161. The number of anilines is 1. The predicted octanol–water partition coefficient (Wildman–Crippen LogP) is 8.02. The van der Waals surface area contributed by atoms with Crippen LogP contribution in [0.3, 0.4) is 0 Å². The van der Waals surface area contributed by atoms with Crippen molar-refractivity contribution in [2.75, 3.05) is 5.32 Å². The van der Waals surface area contributed by atoms with Crippen LogP contribution in [0, 0.1) is 13.8 Å². The van der Waals surface area contributed by atoms with E-state index in [1.165, 1.54) is 22.9 Å². The van der Waals surface area contributed by atoms with Crippen molar-refractivity contribution >= 4 is 34.1 Å². The van der Waals surface area contributed by atoms with Crippen LogP contribution in [0.15, 0.2) is 96.2 Å². The predicted molar refractivity (Wildman–Crippen MR) is 151 cm³/mol. The minimum atomic E-state index is -0.285. The molecule has 2 N–H and O–H groups in total. The van der Waals surface area contributed by atoms with Crippen molar-refractivity contribution in [1.82, 2.24) is 9.97 Å². The summed E-state index contributed by atoms with van der Waals surface area (Å²) in [6, 6.07) is 30.9. The number of carbonyl (C=O) groups is 1. The van der Waals surface area contributed by atoms with Gasteiger partial charge in [-0.2, -0.15) is 0 Å². The fourth-order valence-corrected chi connectivity index (χ4v) is 5.17. The summed E-state index contributed by atoms with van der Waals surface area (Å²) in [5.41, 5.74) is 7.22. The molecule has 0 radical (unpaired) electrons. The van der Waals surface area contributed by atoms with Crippen molar-refractivity contribution in [3.05, 3.63) is 102 Å². The first kappa shape index (κ1) is 23.9. The second-order valence-electron chi connectivity index (χ2n) is 9.03. The van der Waals surface area contributed by atoms with Crippen LogP contribution < -0.4 is 5.32 Å². The number of carbonyl (C=O) groups excluding carboxylic acids is 1. The van der Waals surface area contributed by atoms with Gasteiger partial charge in [-0.3, -0.25) is 4.79 Å². The molecule has 1 unspecified atom stereocenters. The van der Waals surface area contributed by atoms with E-state index >= 15 is 0 Å². The van der Waals surface area contributed by atoms with Crippen LogP contribution in [-0.2, 0) is 4.79 Å². The SMILES string of the molecule is CCC(Sc1nc(-c2ccc(C)cc2)c(-c2ccc(C)cc2)[nH]1)C(=O)Nc1cccc2ccccc12. The molecule has 0 saturated carbocycles. The second-order valence-corrected chi connectivity index (χ2v) is 10.2. The topological polar surface area (TPSA) is 57.8 Å². The quantitative estimate of drug-likeness (QED) is 0.227. The lowest BCUT2D eigenvalue weighted by molar-refractivity contribution is -0.115. The number of thioether (sulfide) groups is 1. The lowest BCUT2D eigenvalue weighted by Crippen LogP contribution is -2.24. The van der Waals surface area contributed by atoms with E-state index in [4.69, 9.17) is 4.98 Å². The van der Waals surface area contributed by atoms with Gasteiger partial charge in [0.1, 0.15) is 0 Å². The molecule has 0 aliphatic heterocycles. The molecule has 5 rings (SSSR count). The van der Waals surface area contributed by atoms with Crippen LogP contribution in [-0.4, -0.2) is 21.1 Å². The lowest BCUT2D eigenvalue weighted by Gasteiger charge is -2.14. The molecule has 5 aromatic rings. The highest BCUT2D eigenvalue weighted by atomic mass is 32.2. The van der Waals surface area contributed by atoms with Gasteiger partial charge in [0.2, 0.25) is 5.91 Å². The molecule has 0 spiro atoms. The van der Waals surface area contributed by atoms with Crippen LogP contribution >= 0.6 is 11.8 Å². The van der Waals surface area contributed by atoms with Gasteiger partial charge in [-0.1, -0.05) is 115 Å². The number of rotatable bonds is 7. The molecule has 0 fully saturated rings. The Morgan fingerprint density at radius 1 is 0.861 bits per heavy atom. The Labute approximate surface area is 216 Å². The molecule has 1 heterocycles. The molecule has 1 amide bonds. The van der Waals surface area contributed by atoms with Crippen LogP contribution in [0.4, 0.5) is 5.69 Å². The first-order chi connectivity index (χ1) is 17.5. The highest BCUT2D eigenvalue weighted by Crippen LogP contribution is 2.35. The highest BCUT2D eigenvalue weighted by Gasteiger charge is 2.22. The van der Waals surface area contributed by atoms with Crippen molar-refractivity contribution < 1.29 is 4.79 Å². The summed E-state index contributed by atoms with van der Waals surface area (Å²) in [5.74, 6) is -0.0241. The summed E-state index contributed by atoms with van der Waals surface area (Å²) in [7, 11) is 0. The molecule has 0 saturated heterocycles. The summed E-state index contributed by atoms with van der Waals surface area (Å²) in [4.78, 5) is 21.8. The third-order valence-electron chi connectivity index (χ3n) is 6.31. The second kappa shape index (κ2) is 10.4. The number of H-pyrrole nitrogens is 1. The van der Waals surface area contributed by atoms with E-state index in [0.717, 1.165) is 44.1 Å². The van der Waals surface area contributed by atoms with E-state index < -0.39 is 0 Å². The molecule has 5 heteroatoms. The first-order valence-electron chi connectivity index (χ1n) is 12.2. The molecule has 0 bridgehead atoms. The zero-order valence-corrected chi connectivity index (χ0v) is 21.5. The van der Waals surface area contributed by atoms with Crippen molar-refractivity contribution in [2.45, 2.75) is 37.6 Å². The molecule has 0 aliphatic carbocycles. The Balaban J connectivity index is 1.44. The zero-order chi connectivity index (χ0) is 25.1. The maximum Gasteiger partial charge on any atom is 0.237 e. The summed E-state index contributed by atoms with van der Waals surface area (Å²) in [5, 5.41) is 5.74. The number of nitrogens with zero attached hydrogens (tertiary/aromatic N) is 1. The third-order valence-corrected chi connectivity index (χ3v) is 7.56. The van der Waals surface area contributed by atoms with E-state index in [2.05, 4.69) is 84.8 Å². The van der Waals surface area contributed by atoms with Gasteiger partial charge < -0.3 is 10.3 Å². The van der Waals surface area contributed by atoms with Gasteiger partial charge in [-0.05, 0) is 31.7 Å². The number of fused-ring (bicyclic) bond motifs is 1. The summed E-state index contributed by atoms with van der Waals surface area (Å²) in [6.07, 6.45) is 0.682. The van der Waals surface area contributed by atoms with Gasteiger partial charge in [0.25, 0.3) is 0 Å². The van der Waals surface area contributed by atoms with Crippen LogP contribution in [0.25, 0.3) is 33.3 Å². The van der Waals surface area contributed by atoms with Gasteiger partial charge in [0, 0.05) is 22.2 Å². The average Bonchev–Trinajstić information content (AvgIpc) is 3.32. The van der Waals surface area contributed by atoms with Gasteiger partial charge >= 0.3 is 0 Å². The average molecular weight is 492 g/mol. The monoisotopic (exact) mass is 491 g/mol. The minimum Gasteiger partial charge on any atom is -0.332 e. The molecule has 36 heavy (non-hydrogen) atoms. The molecule has 0 aliphatic rings. The number of benzene rings is 4. The van der Waals surface area contributed by atoms with Crippen LogP contribution in [0.1, 0.15) is 24.5 Å². The fourth-order valence-electron chi connectivity index (χ4n) is 4.26. The molecule has 180 valence electrons. The van der Waals surface area contributed by atoms with Crippen molar-refractivity contribution in [1.29, 1.82) is 0 Å². The molecular formula is C31H29N3OS. The molecule has 1 aromatic heterocycles. The Hall–Kier alpha value is -3.83. The van der Waals surface area contributed by atoms with E-state index in [0.29, 0.717) is 6.42 Å². The number of aromatic nitrogens is 2. The van der Waals surface area contributed by atoms with E-state index in [9.17, 15) is 4.79 Å². The molecule has 4 aromatic carbocycles. The van der Waals surface area contributed by atoms with Crippen molar-refractivity contribution in [2.24, 2.45) is 0 Å². The van der Waals surface area contributed by atoms with E-state index in [-0.39, 0.29) is 11.2 Å². The van der Waals surface area contributed by atoms with E-state index in [1.807, 2.05) is 37.3 Å². The molecular weight excluding hydrogens is 462 g/mol. The Bertz CT molecular complexity index is 1440. The largest absolute Gasteiger partial charge is 0.332 e. The van der Waals surface area contributed by atoms with Gasteiger partial charge in [0.05, 0.1) is 16.6 Å². The highest BCUT2D eigenvalue weighted by molar-refractivity contribution is 8.00. The van der Waals surface area contributed by atoms with Crippen LogP contribution in [0.5, 0.6) is 0 Å². The zero-order valence-electron chi connectivity index (χ0n) is 20.7. The summed E-state index contributed by atoms with van der Waals surface area (Å²) >= 11 is 1.47. The van der Waals surface area contributed by atoms with Crippen molar-refractivity contribution in [3.63, 3.8) is 0 Å². The van der Waals surface area contributed by atoms with Gasteiger partial charge in [-0.15, -0.1) is 0 Å². The number of amides is 1.